The van der Waals surface area contributed by atoms with Crippen LogP contribution in [-0.2, 0) is 20.8 Å². The van der Waals surface area contributed by atoms with Crippen LogP contribution < -0.4 is 15.4 Å². The van der Waals surface area contributed by atoms with Gasteiger partial charge in [-0.3, -0.25) is 9.79 Å². The van der Waals surface area contributed by atoms with Crippen LogP contribution in [0.2, 0.25) is 0 Å². The number of carbonyl (C=O) groups excluding carboxylic acids is 1. The first-order valence-corrected chi connectivity index (χ1v) is 8.92. The summed E-state index contributed by atoms with van der Waals surface area (Å²) in [5, 5.41) is 6.45. The summed E-state index contributed by atoms with van der Waals surface area (Å²) >= 11 is 0. The Morgan fingerprint density at radius 3 is 2.73 bits per heavy atom. The van der Waals surface area contributed by atoms with Gasteiger partial charge in [0.15, 0.2) is 5.96 Å². The van der Waals surface area contributed by atoms with Crippen LogP contribution in [0, 0.1) is 6.92 Å². The maximum absolute atomic E-state index is 11.3. The number of methoxy groups -OCH3 is 1. The number of nitrogens with zero attached hydrogens (tertiary/aromatic N) is 1. The van der Waals surface area contributed by atoms with Gasteiger partial charge in [0, 0.05) is 39.2 Å². The molecule has 26 heavy (non-hydrogen) atoms. The SMILES string of the molecule is CCOC(=O)CCCNC(=NC)NCc1ccc(C)cc1OCCOC. The van der Waals surface area contributed by atoms with Gasteiger partial charge in [-0.05, 0) is 31.9 Å². The molecule has 0 atom stereocenters. The first-order chi connectivity index (χ1) is 12.6. The first-order valence-electron chi connectivity index (χ1n) is 8.92. The Balaban J connectivity index is 2.46. The summed E-state index contributed by atoms with van der Waals surface area (Å²) in [6.07, 6.45) is 1.09. The number of hydrogen-bond acceptors (Lipinski definition) is 5. The molecule has 0 radical (unpaired) electrons. The Bertz CT molecular complexity index is 576. The van der Waals surface area contributed by atoms with E-state index in [1.54, 1.807) is 21.1 Å². The average molecular weight is 365 g/mol. The minimum atomic E-state index is -0.172. The Kier molecular flexibility index (Phi) is 10.9. The second-order valence-corrected chi connectivity index (χ2v) is 5.71. The average Bonchev–Trinajstić information content (AvgIpc) is 2.63. The third kappa shape index (κ3) is 8.71. The van der Waals surface area contributed by atoms with Crippen molar-refractivity contribution in [3.8, 4) is 5.75 Å². The second-order valence-electron chi connectivity index (χ2n) is 5.71. The van der Waals surface area contributed by atoms with E-state index in [4.69, 9.17) is 14.2 Å². The summed E-state index contributed by atoms with van der Waals surface area (Å²) in [6.45, 7) is 6.54. The van der Waals surface area contributed by atoms with Crippen molar-refractivity contribution in [3.63, 3.8) is 0 Å². The highest BCUT2D eigenvalue weighted by Crippen LogP contribution is 2.20. The van der Waals surface area contributed by atoms with Gasteiger partial charge in [-0.25, -0.2) is 0 Å². The van der Waals surface area contributed by atoms with Crippen LogP contribution in [0.4, 0.5) is 0 Å². The van der Waals surface area contributed by atoms with E-state index in [1.165, 1.54) is 0 Å². The molecule has 7 nitrogen and oxygen atoms in total. The normalized spacial score (nSPS) is 11.2. The van der Waals surface area contributed by atoms with Crippen molar-refractivity contribution in [1.29, 1.82) is 0 Å². The quantitative estimate of drug-likeness (QED) is 0.270. The second kappa shape index (κ2) is 13.0. The van der Waals surface area contributed by atoms with Crippen LogP contribution >= 0.6 is 0 Å². The van der Waals surface area contributed by atoms with Crippen LogP contribution in [0.5, 0.6) is 5.75 Å². The highest BCUT2D eigenvalue weighted by atomic mass is 16.5. The Morgan fingerprint density at radius 2 is 2.04 bits per heavy atom. The molecule has 0 saturated carbocycles. The summed E-state index contributed by atoms with van der Waals surface area (Å²) in [6, 6.07) is 6.11. The molecule has 0 aliphatic rings. The summed E-state index contributed by atoms with van der Waals surface area (Å²) < 4.78 is 15.7. The lowest BCUT2D eigenvalue weighted by Crippen LogP contribution is -2.37. The lowest BCUT2D eigenvalue weighted by Gasteiger charge is -2.15. The van der Waals surface area contributed by atoms with Gasteiger partial charge >= 0.3 is 5.97 Å². The van der Waals surface area contributed by atoms with Gasteiger partial charge in [-0.2, -0.15) is 0 Å². The van der Waals surface area contributed by atoms with Gasteiger partial charge in [-0.15, -0.1) is 0 Å². The molecule has 0 amide bonds. The van der Waals surface area contributed by atoms with Crippen molar-refractivity contribution >= 4 is 11.9 Å². The number of nitrogens with one attached hydrogen (secondary N) is 2. The van der Waals surface area contributed by atoms with E-state index in [9.17, 15) is 4.79 Å². The highest BCUT2D eigenvalue weighted by molar-refractivity contribution is 5.79. The van der Waals surface area contributed by atoms with E-state index in [0.29, 0.717) is 51.7 Å². The number of hydrogen-bond donors (Lipinski definition) is 2. The van der Waals surface area contributed by atoms with Gasteiger partial charge in [0.1, 0.15) is 12.4 Å². The van der Waals surface area contributed by atoms with Gasteiger partial charge in [-0.1, -0.05) is 12.1 Å². The number of benzene rings is 1. The van der Waals surface area contributed by atoms with Gasteiger partial charge in [0.25, 0.3) is 0 Å². The number of esters is 1. The van der Waals surface area contributed by atoms with Crippen molar-refractivity contribution in [2.75, 3.05) is 40.5 Å². The maximum Gasteiger partial charge on any atom is 0.305 e. The molecule has 2 N–H and O–H groups in total. The van der Waals surface area contributed by atoms with Crippen LogP contribution in [0.1, 0.15) is 30.9 Å². The monoisotopic (exact) mass is 365 g/mol. The Hall–Kier alpha value is -2.28. The summed E-state index contributed by atoms with van der Waals surface area (Å²) in [4.78, 5) is 15.5. The molecule has 146 valence electrons. The molecule has 1 aromatic carbocycles. The van der Waals surface area contributed by atoms with Crippen LogP contribution in [0.25, 0.3) is 0 Å². The van der Waals surface area contributed by atoms with E-state index in [2.05, 4.69) is 21.7 Å². The van der Waals surface area contributed by atoms with E-state index in [0.717, 1.165) is 16.9 Å². The van der Waals surface area contributed by atoms with Crippen molar-refractivity contribution in [1.82, 2.24) is 10.6 Å². The molecule has 0 heterocycles. The van der Waals surface area contributed by atoms with Gasteiger partial charge in [0.2, 0.25) is 0 Å². The Morgan fingerprint density at radius 1 is 1.23 bits per heavy atom. The lowest BCUT2D eigenvalue weighted by molar-refractivity contribution is -0.143. The molecule has 0 aromatic heterocycles. The molecule has 0 aliphatic carbocycles. The molecular weight excluding hydrogens is 334 g/mol. The Labute approximate surface area is 156 Å². The van der Waals surface area contributed by atoms with E-state index in [1.807, 2.05) is 19.1 Å². The standard InChI is InChI=1S/C19H31N3O4/c1-5-25-18(23)7-6-10-21-19(20-3)22-14-16-9-8-15(2)13-17(16)26-12-11-24-4/h8-9,13H,5-7,10-12,14H2,1-4H3,(H2,20,21,22). The first kappa shape index (κ1) is 21.8. The minimum Gasteiger partial charge on any atom is -0.491 e. The molecule has 0 bridgehead atoms. The summed E-state index contributed by atoms with van der Waals surface area (Å²) in [5.41, 5.74) is 2.18. The van der Waals surface area contributed by atoms with Gasteiger partial charge in [0.05, 0.1) is 13.2 Å². The van der Waals surface area contributed by atoms with Crippen molar-refractivity contribution < 1.29 is 19.0 Å². The molecular formula is C19H31N3O4. The van der Waals surface area contributed by atoms with Crippen LogP contribution in [0.15, 0.2) is 23.2 Å². The third-order valence-electron chi connectivity index (χ3n) is 3.59. The predicted octanol–water partition coefficient (Wildman–Crippen LogP) is 2.03. The van der Waals surface area contributed by atoms with Gasteiger partial charge < -0.3 is 24.8 Å². The molecule has 1 aromatic rings. The van der Waals surface area contributed by atoms with E-state index in [-0.39, 0.29) is 5.97 Å². The maximum atomic E-state index is 11.3. The fourth-order valence-corrected chi connectivity index (χ4v) is 2.25. The van der Waals surface area contributed by atoms with E-state index < -0.39 is 0 Å². The smallest absolute Gasteiger partial charge is 0.305 e. The molecule has 1 rings (SSSR count). The molecule has 0 unspecified atom stereocenters. The number of ether oxygens (including phenoxy) is 3. The number of guanidine groups is 1. The fourth-order valence-electron chi connectivity index (χ4n) is 2.25. The van der Waals surface area contributed by atoms with Crippen LogP contribution in [0.3, 0.4) is 0 Å². The number of aryl methyl sites for hydroxylation is 1. The number of rotatable bonds is 11. The molecule has 0 saturated heterocycles. The van der Waals surface area contributed by atoms with Crippen LogP contribution in [-0.4, -0.2) is 52.5 Å². The molecule has 0 fully saturated rings. The van der Waals surface area contributed by atoms with Crippen molar-refractivity contribution in [2.24, 2.45) is 4.99 Å². The predicted molar refractivity (Wildman–Crippen MR) is 103 cm³/mol. The summed E-state index contributed by atoms with van der Waals surface area (Å²) in [7, 11) is 3.37. The van der Waals surface area contributed by atoms with E-state index >= 15 is 0 Å². The molecule has 0 spiro atoms. The zero-order valence-electron chi connectivity index (χ0n) is 16.3. The lowest BCUT2D eigenvalue weighted by atomic mass is 10.1. The molecule has 7 heteroatoms. The third-order valence-corrected chi connectivity index (χ3v) is 3.59. The zero-order chi connectivity index (χ0) is 19.2. The highest BCUT2D eigenvalue weighted by Gasteiger charge is 2.06. The largest absolute Gasteiger partial charge is 0.491 e. The summed E-state index contributed by atoms with van der Waals surface area (Å²) in [5.74, 6) is 1.35. The molecule has 0 aliphatic heterocycles. The fraction of sp³-hybridized carbons (Fsp3) is 0.579. The number of aliphatic imine (C=N–C) groups is 1. The zero-order valence-corrected chi connectivity index (χ0v) is 16.3. The number of carbonyl (C=O) groups is 1. The topological polar surface area (TPSA) is 81.2 Å². The van der Waals surface area contributed by atoms with Crippen molar-refractivity contribution in [2.45, 2.75) is 33.2 Å². The minimum absolute atomic E-state index is 0.172. The van der Waals surface area contributed by atoms with Crippen molar-refractivity contribution in [3.05, 3.63) is 29.3 Å².